The first-order valence-electron chi connectivity index (χ1n) is 5.10. The number of rotatable bonds is 7. The molecule has 4 nitrogen and oxygen atoms in total. The van der Waals surface area contributed by atoms with Gasteiger partial charge in [-0.15, -0.1) is 6.58 Å². The van der Waals surface area contributed by atoms with Crippen LogP contribution in [0.15, 0.2) is 12.7 Å². The second kappa shape index (κ2) is 6.58. The number of carbonyl (C=O) groups excluding carboxylic acids is 1. The fraction of sp³-hybridized carbons (Fsp3) is 0.727. The number of allylic oxidation sites excluding steroid dienone is 1. The Bertz CT molecular complexity index is 215. The van der Waals surface area contributed by atoms with Crippen LogP contribution in [0, 0.1) is 5.41 Å². The molecule has 0 aliphatic carbocycles. The first-order valence-corrected chi connectivity index (χ1v) is 5.10. The lowest BCUT2D eigenvalue weighted by Gasteiger charge is -2.29. The summed E-state index contributed by atoms with van der Waals surface area (Å²) in [4.78, 5) is 11.5. The van der Waals surface area contributed by atoms with E-state index in [2.05, 4.69) is 6.58 Å². The molecule has 0 spiro atoms. The number of carbonyl (C=O) groups is 1. The van der Waals surface area contributed by atoms with E-state index in [4.69, 9.17) is 9.84 Å². The van der Waals surface area contributed by atoms with Crippen LogP contribution in [0.3, 0.4) is 0 Å². The Balaban J connectivity index is 4.51. The normalized spacial score (nSPS) is 16.5. The molecule has 0 aromatic carbocycles. The molecule has 0 aliphatic rings. The third-order valence-corrected chi connectivity index (χ3v) is 2.45. The largest absolute Gasteiger partial charge is 0.465 e. The van der Waals surface area contributed by atoms with E-state index >= 15 is 0 Å². The van der Waals surface area contributed by atoms with Crippen LogP contribution in [0.4, 0.5) is 0 Å². The van der Waals surface area contributed by atoms with Crippen LogP contribution in [0.5, 0.6) is 0 Å². The lowest BCUT2D eigenvalue weighted by atomic mass is 9.83. The minimum atomic E-state index is -1.24. The smallest absolute Gasteiger partial charge is 0.316 e. The highest BCUT2D eigenvalue weighted by molar-refractivity contribution is 5.77. The number of aliphatic hydroxyl groups excluding tert-OH is 2. The van der Waals surface area contributed by atoms with Crippen molar-refractivity contribution in [2.45, 2.75) is 32.8 Å². The molecule has 0 aliphatic heterocycles. The van der Waals surface area contributed by atoms with E-state index in [1.165, 1.54) is 6.92 Å². The van der Waals surface area contributed by atoms with Crippen molar-refractivity contribution in [3.8, 4) is 0 Å². The Morgan fingerprint density at radius 2 is 2.27 bits per heavy atom. The van der Waals surface area contributed by atoms with Crippen LogP contribution in [0.25, 0.3) is 0 Å². The summed E-state index contributed by atoms with van der Waals surface area (Å²) in [6.45, 7) is 6.53. The third-order valence-electron chi connectivity index (χ3n) is 2.45. The predicted molar refractivity (Wildman–Crippen MR) is 57.3 cm³/mol. The topological polar surface area (TPSA) is 66.8 Å². The summed E-state index contributed by atoms with van der Waals surface area (Å²) < 4.78 is 4.81. The zero-order chi connectivity index (χ0) is 11.9. The van der Waals surface area contributed by atoms with Crippen molar-refractivity contribution >= 4 is 5.97 Å². The van der Waals surface area contributed by atoms with Crippen LogP contribution in [-0.4, -0.2) is 35.5 Å². The summed E-state index contributed by atoms with van der Waals surface area (Å²) in [5, 5.41) is 19.0. The van der Waals surface area contributed by atoms with E-state index in [9.17, 15) is 9.90 Å². The highest BCUT2D eigenvalue weighted by Crippen LogP contribution is 2.26. The van der Waals surface area contributed by atoms with Gasteiger partial charge < -0.3 is 14.9 Å². The van der Waals surface area contributed by atoms with Gasteiger partial charge in [0, 0.05) is 0 Å². The van der Waals surface area contributed by atoms with Gasteiger partial charge in [-0.05, 0) is 26.7 Å². The molecule has 0 rings (SSSR count). The summed E-state index contributed by atoms with van der Waals surface area (Å²) in [7, 11) is 0. The van der Waals surface area contributed by atoms with Crippen molar-refractivity contribution in [3.05, 3.63) is 12.7 Å². The lowest BCUT2D eigenvalue weighted by molar-refractivity contribution is -0.165. The van der Waals surface area contributed by atoms with Gasteiger partial charge in [0.1, 0.15) is 5.41 Å². The zero-order valence-corrected chi connectivity index (χ0v) is 9.40. The first kappa shape index (κ1) is 14.1. The Kier molecular flexibility index (Phi) is 6.20. The molecule has 0 amide bonds. The van der Waals surface area contributed by atoms with Crippen molar-refractivity contribution in [2.24, 2.45) is 5.41 Å². The molecule has 0 saturated heterocycles. The van der Waals surface area contributed by atoms with Crippen molar-refractivity contribution in [1.29, 1.82) is 0 Å². The van der Waals surface area contributed by atoms with Crippen LogP contribution < -0.4 is 0 Å². The fourth-order valence-electron chi connectivity index (χ4n) is 1.20. The van der Waals surface area contributed by atoms with Crippen LogP contribution >= 0.6 is 0 Å². The molecule has 4 heteroatoms. The van der Waals surface area contributed by atoms with E-state index < -0.39 is 24.1 Å². The summed E-state index contributed by atoms with van der Waals surface area (Å²) in [6, 6.07) is 0. The van der Waals surface area contributed by atoms with Gasteiger partial charge in [-0.1, -0.05) is 6.08 Å². The van der Waals surface area contributed by atoms with Gasteiger partial charge in [0.15, 0.2) is 0 Å². The number of ether oxygens (including phenoxy) is 1. The quantitative estimate of drug-likeness (QED) is 0.489. The summed E-state index contributed by atoms with van der Waals surface area (Å²) >= 11 is 0. The monoisotopic (exact) mass is 216 g/mol. The minimum absolute atomic E-state index is 0.239. The summed E-state index contributed by atoms with van der Waals surface area (Å²) in [5.41, 5.74) is -1.24. The molecule has 0 radical (unpaired) electrons. The summed E-state index contributed by atoms with van der Waals surface area (Å²) in [6.07, 6.45) is 1.72. The Labute approximate surface area is 90.6 Å². The molecule has 2 N–H and O–H groups in total. The molecule has 0 aromatic heterocycles. The second-order valence-electron chi connectivity index (χ2n) is 3.68. The molecule has 88 valence electrons. The molecule has 0 fully saturated rings. The lowest BCUT2D eigenvalue weighted by Crippen LogP contribution is -2.44. The standard InChI is InChI=1S/C11H20O4/c1-4-6-7-9(13)11(3,8-12)10(14)15-5-2/h4,9,12-13H,1,5-8H2,2-3H3. The van der Waals surface area contributed by atoms with Gasteiger partial charge in [-0.3, -0.25) is 4.79 Å². The van der Waals surface area contributed by atoms with E-state index in [0.717, 1.165) is 0 Å². The molecular formula is C11H20O4. The second-order valence-corrected chi connectivity index (χ2v) is 3.68. The molecule has 2 unspecified atom stereocenters. The highest BCUT2D eigenvalue weighted by atomic mass is 16.5. The van der Waals surface area contributed by atoms with Crippen LogP contribution in [0.1, 0.15) is 26.7 Å². The minimum Gasteiger partial charge on any atom is -0.465 e. The maximum Gasteiger partial charge on any atom is 0.316 e. The van der Waals surface area contributed by atoms with E-state index in [0.29, 0.717) is 12.8 Å². The predicted octanol–water partition coefficient (Wildman–Crippen LogP) is 0.875. The fourth-order valence-corrected chi connectivity index (χ4v) is 1.20. The zero-order valence-electron chi connectivity index (χ0n) is 9.40. The molecule has 0 heterocycles. The number of hydrogen-bond acceptors (Lipinski definition) is 4. The number of hydrogen-bond donors (Lipinski definition) is 2. The van der Waals surface area contributed by atoms with Crippen molar-refractivity contribution in [1.82, 2.24) is 0 Å². The first-order chi connectivity index (χ1) is 7.02. The average molecular weight is 216 g/mol. The Hall–Kier alpha value is -0.870. The van der Waals surface area contributed by atoms with Gasteiger partial charge in [-0.25, -0.2) is 0 Å². The maximum absolute atomic E-state index is 11.5. The molecule has 0 aromatic rings. The molecule has 0 saturated carbocycles. The van der Waals surface area contributed by atoms with Crippen LogP contribution in [-0.2, 0) is 9.53 Å². The molecular weight excluding hydrogens is 196 g/mol. The molecule has 0 bridgehead atoms. The van der Waals surface area contributed by atoms with Gasteiger partial charge in [-0.2, -0.15) is 0 Å². The third kappa shape index (κ3) is 3.64. The van der Waals surface area contributed by atoms with E-state index in [1.54, 1.807) is 13.0 Å². The van der Waals surface area contributed by atoms with Gasteiger partial charge >= 0.3 is 5.97 Å². The SMILES string of the molecule is C=CCCC(O)C(C)(CO)C(=O)OCC. The number of esters is 1. The molecule has 2 atom stereocenters. The van der Waals surface area contributed by atoms with Crippen molar-refractivity contribution in [2.75, 3.05) is 13.2 Å². The highest BCUT2D eigenvalue weighted by Gasteiger charge is 2.41. The average Bonchev–Trinajstić information content (AvgIpc) is 2.24. The van der Waals surface area contributed by atoms with E-state index in [1.807, 2.05) is 0 Å². The van der Waals surface area contributed by atoms with Gasteiger partial charge in [0.05, 0.1) is 19.3 Å². The Morgan fingerprint density at radius 3 is 2.67 bits per heavy atom. The van der Waals surface area contributed by atoms with Crippen LogP contribution in [0.2, 0.25) is 0 Å². The maximum atomic E-state index is 11.5. The van der Waals surface area contributed by atoms with Gasteiger partial charge in [0.25, 0.3) is 0 Å². The van der Waals surface area contributed by atoms with Crippen molar-refractivity contribution in [3.63, 3.8) is 0 Å². The van der Waals surface area contributed by atoms with E-state index in [-0.39, 0.29) is 6.61 Å². The number of aliphatic hydroxyl groups is 2. The molecule has 15 heavy (non-hydrogen) atoms. The summed E-state index contributed by atoms with van der Waals surface area (Å²) in [5.74, 6) is -0.566. The Morgan fingerprint density at radius 1 is 1.67 bits per heavy atom. The van der Waals surface area contributed by atoms with Gasteiger partial charge in [0.2, 0.25) is 0 Å². The van der Waals surface area contributed by atoms with Crippen molar-refractivity contribution < 1.29 is 19.7 Å².